The molecular weight excluding hydrogens is 416 g/mol. The topological polar surface area (TPSA) is 0 Å². The minimum Gasteiger partial charge on any atom is -0.207 e. The average molecular weight is 426 g/mol. The normalized spacial score (nSPS) is 13.2. The first-order chi connectivity index (χ1) is 9.75. The van der Waals surface area contributed by atoms with Crippen molar-refractivity contribution >= 4 is 31.9 Å². The minimum atomic E-state index is -4.33. The van der Waals surface area contributed by atoms with E-state index in [-0.39, 0.29) is 10.6 Å². The summed E-state index contributed by atoms with van der Waals surface area (Å²) in [6.07, 6.45) is -3.87. The highest BCUT2D eigenvalue weighted by molar-refractivity contribution is 9.10. The third kappa shape index (κ3) is 4.54. The fourth-order valence-electron chi connectivity index (χ4n) is 1.91. The molecule has 0 spiro atoms. The van der Waals surface area contributed by atoms with E-state index in [9.17, 15) is 17.6 Å². The fourth-order valence-corrected chi connectivity index (χ4v) is 3.03. The molecule has 0 radical (unpaired) electrons. The van der Waals surface area contributed by atoms with Gasteiger partial charge in [0, 0.05) is 9.30 Å². The second-order valence-corrected chi connectivity index (χ2v) is 6.59. The smallest absolute Gasteiger partial charge is 0.207 e. The van der Waals surface area contributed by atoms with E-state index in [0.29, 0.717) is 10.9 Å². The molecule has 0 aliphatic carbocycles. The predicted octanol–water partition coefficient (Wildman–Crippen LogP) is 6.29. The molecule has 6 heteroatoms. The van der Waals surface area contributed by atoms with E-state index < -0.39 is 11.7 Å². The van der Waals surface area contributed by atoms with Crippen molar-refractivity contribution in [2.24, 2.45) is 0 Å². The predicted molar refractivity (Wildman–Crippen MR) is 80.9 cm³/mol. The summed E-state index contributed by atoms with van der Waals surface area (Å²) in [5.74, 6) is -0.365. The van der Waals surface area contributed by atoms with Crippen LogP contribution in [-0.4, -0.2) is 0 Å². The quantitative estimate of drug-likeness (QED) is 0.400. The maximum atomic E-state index is 13.3. The monoisotopic (exact) mass is 424 g/mol. The van der Waals surface area contributed by atoms with Crippen molar-refractivity contribution in [3.05, 3.63) is 69.4 Å². The van der Waals surface area contributed by atoms with E-state index in [2.05, 4.69) is 31.9 Å². The van der Waals surface area contributed by atoms with Gasteiger partial charge in [0.1, 0.15) is 5.82 Å². The molecule has 0 N–H and O–H groups in total. The lowest BCUT2D eigenvalue weighted by Crippen LogP contribution is -2.05. The molecule has 0 amide bonds. The SMILES string of the molecule is Fc1cc(Br)cc(C(Br)Cc2ccc(C(F)(F)F)cc2)c1. The van der Waals surface area contributed by atoms with E-state index in [1.807, 2.05) is 0 Å². The molecule has 2 rings (SSSR count). The summed E-state index contributed by atoms with van der Waals surface area (Å²) >= 11 is 6.65. The second-order valence-electron chi connectivity index (χ2n) is 4.57. The number of halogens is 6. The Morgan fingerprint density at radius 3 is 2.14 bits per heavy atom. The molecule has 0 heterocycles. The van der Waals surface area contributed by atoms with Crippen molar-refractivity contribution in [1.29, 1.82) is 0 Å². The number of rotatable bonds is 3. The first-order valence-corrected chi connectivity index (χ1v) is 7.73. The molecule has 112 valence electrons. The van der Waals surface area contributed by atoms with Gasteiger partial charge in [-0.25, -0.2) is 4.39 Å². The highest BCUT2D eigenvalue weighted by Gasteiger charge is 2.29. The second kappa shape index (κ2) is 6.48. The van der Waals surface area contributed by atoms with Crippen molar-refractivity contribution in [3.8, 4) is 0 Å². The van der Waals surface area contributed by atoms with Gasteiger partial charge in [0.25, 0.3) is 0 Å². The molecule has 0 saturated heterocycles. The van der Waals surface area contributed by atoms with Crippen molar-refractivity contribution < 1.29 is 17.6 Å². The van der Waals surface area contributed by atoms with Gasteiger partial charge >= 0.3 is 6.18 Å². The van der Waals surface area contributed by atoms with Crippen molar-refractivity contribution in [2.75, 3.05) is 0 Å². The summed E-state index contributed by atoms with van der Waals surface area (Å²) in [6, 6.07) is 9.49. The third-order valence-electron chi connectivity index (χ3n) is 2.94. The Labute approximate surface area is 136 Å². The first-order valence-electron chi connectivity index (χ1n) is 6.02. The van der Waals surface area contributed by atoms with Crippen LogP contribution in [0, 0.1) is 5.82 Å². The maximum absolute atomic E-state index is 13.3. The molecule has 2 aromatic rings. The first kappa shape index (κ1) is 16.5. The number of alkyl halides is 4. The van der Waals surface area contributed by atoms with Crippen LogP contribution >= 0.6 is 31.9 Å². The number of hydrogen-bond acceptors (Lipinski definition) is 0. The highest BCUT2D eigenvalue weighted by atomic mass is 79.9. The van der Waals surface area contributed by atoms with Crippen molar-refractivity contribution in [1.82, 2.24) is 0 Å². The summed E-state index contributed by atoms with van der Waals surface area (Å²) in [7, 11) is 0. The van der Waals surface area contributed by atoms with E-state index in [0.717, 1.165) is 23.3 Å². The minimum absolute atomic E-state index is 0.179. The van der Waals surface area contributed by atoms with E-state index in [4.69, 9.17) is 0 Å². The van der Waals surface area contributed by atoms with Crippen LogP contribution in [0.3, 0.4) is 0 Å². The van der Waals surface area contributed by atoms with Gasteiger partial charge in [0.05, 0.1) is 5.56 Å². The Kier molecular flexibility index (Phi) is 5.09. The van der Waals surface area contributed by atoms with Gasteiger partial charge in [-0.2, -0.15) is 13.2 Å². The zero-order valence-electron chi connectivity index (χ0n) is 10.6. The number of hydrogen-bond donors (Lipinski definition) is 0. The lowest BCUT2D eigenvalue weighted by Gasteiger charge is -2.12. The zero-order chi connectivity index (χ0) is 15.6. The number of benzene rings is 2. The van der Waals surface area contributed by atoms with Gasteiger partial charge in [0.2, 0.25) is 0 Å². The van der Waals surface area contributed by atoms with Gasteiger partial charge < -0.3 is 0 Å². The van der Waals surface area contributed by atoms with Gasteiger partial charge in [-0.15, -0.1) is 0 Å². The Morgan fingerprint density at radius 1 is 1.00 bits per heavy atom. The largest absolute Gasteiger partial charge is 0.416 e. The Morgan fingerprint density at radius 2 is 1.62 bits per heavy atom. The van der Waals surface area contributed by atoms with Crippen LogP contribution in [-0.2, 0) is 12.6 Å². The van der Waals surface area contributed by atoms with Gasteiger partial charge in [-0.05, 0) is 47.9 Å². The molecule has 0 saturated carbocycles. The van der Waals surface area contributed by atoms with E-state index >= 15 is 0 Å². The molecule has 0 nitrogen and oxygen atoms in total. The van der Waals surface area contributed by atoms with Gasteiger partial charge in [-0.1, -0.05) is 44.0 Å². The van der Waals surface area contributed by atoms with Crippen LogP contribution in [0.15, 0.2) is 46.9 Å². The van der Waals surface area contributed by atoms with Crippen LogP contribution in [0.4, 0.5) is 17.6 Å². The van der Waals surface area contributed by atoms with Gasteiger partial charge in [-0.3, -0.25) is 0 Å². The fraction of sp³-hybridized carbons (Fsp3) is 0.200. The van der Waals surface area contributed by atoms with Crippen molar-refractivity contribution in [2.45, 2.75) is 17.4 Å². The Hall–Kier alpha value is -0.880. The van der Waals surface area contributed by atoms with E-state index in [1.165, 1.54) is 24.3 Å². The maximum Gasteiger partial charge on any atom is 0.416 e. The molecule has 0 aromatic heterocycles. The zero-order valence-corrected chi connectivity index (χ0v) is 13.8. The summed E-state index contributed by atoms with van der Waals surface area (Å²) in [5.41, 5.74) is 0.790. The van der Waals surface area contributed by atoms with Crippen LogP contribution in [0.5, 0.6) is 0 Å². The molecule has 1 atom stereocenters. The molecule has 21 heavy (non-hydrogen) atoms. The van der Waals surface area contributed by atoms with Crippen LogP contribution < -0.4 is 0 Å². The molecule has 1 unspecified atom stereocenters. The molecule has 2 aromatic carbocycles. The standard InChI is InChI=1S/C15H10Br2F4/c16-12-6-10(7-13(18)8-12)14(17)5-9-1-3-11(4-2-9)15(19,20)21/h1-4,6-8,14H,5H2. The van der Waals surface area contributed by atoms with Crippen LogP contribution in [0.2, 0.25) is 0 Å². The molecule has 0 aliphatic rings. The molecule has 0 aliphatic heterocycles. The summed E-state index contributed by atoms with van der Waals surface area (Å²) in [4.78, 5) is -0.179. The molecule has 0 fully saturated rings. The Balaban J connectivity index is 2.14. The van der Waals surface area contributed by atoms with Crippen LogP contribution in [0.25, 0.3) is 0 Å². The third-order valence-corrected chi connectivity index (χ3v) is 4.25. The summed E-state index contributed by atoms with van der Waals surface area (Å²) < 4.78 is 51.4. The van der Waals surface area contributed by atoms with Crippen molar-refractivity contribution in [3.63, 3.8) is 0 Å². The lowest BCUT2D eigenvalue weighted by atomic mass is 10.0. The summed E-state index contributed by atoms with van der Waals surface area (Å²) in [6.45, 7) is 0. The molecule has 0 bridgehead atoms. The van der Waals surface area contributed by atoms with E-state index in [1.54, 1.807) is 6.07 Å². The highest BCUT2D eigenvalue weighted by Crippen LogP contribution is 2.32. The average Bonchev–Trinajstić information content (AvgIpc) is 2.37. The van der Waals surface area contributed by atoms with Crippen LogP contribution in [0.1, 0.15) is 21.5 Å². The Bertz CT molecular complexity index is 600. The lowest BCUT2D eigenvalue weighted by molar-refractivity contribution is -0.137. The summed E-state index contributed by atoms with van der Waals surface area (Å²) in [5, 5.41) is 0. The van der Waals surface area contributed by atoms with Gasteiger partial charge in [0.15, 0.2) is 0 Å². The molecular formula is C15H10Br2F4.